The van der Waals surface area contributed by atoms with Crippen molar-refractivity contribution in [2.45, 2.75) is 51.5 Å². The van der Waals surface area contributed by atoms with Gasteiger partial charge in [-0.1, -0.05) is 36.7 Å². The van der Waals surface area contributed by atoms with Crippen molar-refractivity contribution in [1.29, 1.82) is 0 Å². The topological polar surface area (TPSA) is 24.9 Å². The highest BCUT2D eigenvalue weighted by Gasteiger charge is 2.27. The second kappa shape index (κ2) is 4.54. The highest BCUT2D eigenvalue weighted by atomic mass is 32.1. The fourth-order valence-corrected chi connectivity index (χ4v) is 3.91. The van der Waals surface area contributed by atoms with E-state index in [1.807, 2.05) is 0 Å². The summed E-state index contributed by atoms with van der Waals surface area (Å²) < 4.78 is 1.29. The normalized spacial score (nSPS) is 19.0. The summed E-state index contributed by atoms with van der Waals surface area (Å²) >= 11 is 1.78. The number of aryl methyl sites for hydroxylation is 1. The number of nitrogens with zero attached hydrogens (tertiary/aromatic N) is 1. The number of hydrogen-bond donors (Lipinski definition) is 1. The highest BCUT2D eigenvalue weighted by Crippen LogP contribution is 2.34. The third-order valence-electron chi connectivity index (χ3n) is 3.91. The molecule has 1 N–H and O–H groups in total. The lowest BCUT2D eigenvalue weighted by molar-refractivity contribution is 0.349. The first-order valence-electron chi connectivity index (χ1n) is 6.80. The van der Waals surface area contributed by atoms with E-state index in [9.17, 15) is 0 Å². The summed E-state index contributed by atoms with van der Waals surface area (Å²) in [5.74, 6) is 0. The van der Waals surface area contributed by atoms with Gasteiger partial charge in [-0.2, -0.15) is 0 Å². The van der Waals surface area contributed by atoms with E-state index in [4.69, 9.17) is 4.98 Å². The second-order valence-electron chi connectivity index (χ2n) is 5.74. The maximum Gasteiger partial charge on any atom is 0.184 e. The first-order chi connectivity index (χ1) is 8.65. The van der Waals surface area contributed by atoms with E-state index < -0.39 is 0 Å². The smallest absolute Gasteiger partial charge is 0.184 e. The van der Waals surface area contributed by atoms with Crippen molar-refractivity contribution in [2.75, 3.05) is 5.32 Å². The van der Waals surface area contributed by atoms with Gasteiger partial charge in [0.25, 0.3) is 0 Å². The van der Waals surface area contributed by atoms with Crippen LogP contribution in [0.25, 0.3) is 10.2 Å². The van der Waals surface area contributed by atoms with Gasteiger partial charge in [0.05, 0.1) is 10.2 Å². The van der Waals surface area contributed by atoms with Crippen molar-refractivity contribution >= 4 is 26.7 Å². The van der Waals surface area contributed by atoms with Crippen LogP contribution < -0.4 is 5.32 Å². The maximum absolute atomic E-state index is 4.70. The van der Waals surface area contributed by atoms with Crippen LogP contribution in [0.15, 0.2) is 18.2 Å². The van der Waals surface area contributed by atoms with Gasteiger partial charge >= 0.3 is 0 Å². The SMILES string of the molecule is Cc1ccc2nc(NC3(C)CCCCC3)sc2c1. The number of rotatable bonds is 2. The molecule has 0 aliphatic heterocycles. The monoisotopic (exact) mass is 260 g/mol. The van der Waals surface area contributed by atoms with E-state index in [0.29, 0.717) is 0 Å². The Hall–Kier alpha value is -1.09. The largest absolute Gasteiger partial charge is 0.356 e. The van der Waals surface area contributed by atoms with Gasteiger partial charge in [0, 0.05) is 5.54 Å². The Morgan fingerprint density at radius 1 is 1.22 bits per heavy atom. The number of fused-ring (bicyclic) bond motifs is 1. The summed E-state index contributed by atoms with van der Waals surface area (Å²) in [6.07, 6.45) is 6.60. The van der Waals surface area contributed by atoms with Crippen molar-refractivity contribution in [3.8, 4) is 0 Å². The molecule has 0 spiro atoms. The number of nitrogens with one attached hydrogen (secondary N) is 1. The zero-order valence-electron chi connectivity index (χ0n) is 11.1. The molecule has 2 nitrogen and oxygen atoms in total. The molecule has 0 bridgehead atoms. The van der Waals surface area contributed by atoms with E-state index in [-0.39, 0.29) is 5.54 Å². The van der Waals surface area contributed by atoms with Crippen LogP contribution in [0, 0.1) is 6.92 Å². The van der Waals surface area contributed by atoms with Crippen LogP contribution in [0.5, 0.6) is 0 Å². The van der Waals surface area contributed by atoms with Crippen LogP contribution in [0.1, 0.15) is 44.6 Å². The lowest BCUT2D eigenvalue weighted by atomic mass is 9.83. The van der Waals surface area contributed by atoms with Crippen LogP contribution >= 0.6 is 11.3 Å². The van der Waals surface area contributed by atoms with Crippen molar-refractivity contribution < 1.29 is 0 Å². The van der Waals surface area contributed by atoms with E-state index >= 15 is 0 Å². The van der Waals surface area contributed by atoms with E-state index in [1.54, 1.807) is 11.3 Å². The van der Waals surface area contributed by atoms with Gasteiger partial charge in [0.2, 0.25) is 0 Å². The lowest BCUT2D eigenvalue weighted by Gasteiger charge is -2.34. The molecule has 1 aromatic carbocycles. The van der Waals surface area contributed by atoms with Crippen LogP contribution in [0.3, 0.4) is 0 Å². The summed E-state index contributed by atoms with van der Waals surface area (Å²) in [6, 6.07) is 6.48. The molecule has 0 radical (unpaired) electrons. The molecule has 3 heteroatoms. The maximum atomic E-state index is 4.70. The van der Waals surface area contributed by atoms with E-state index in [2.05, 4.69) is 37.4 Å². The molecule has 18 heavy (non-hydrogen) atoms. The molecule has 1 aliphatic rings. The Labute approximate surface area is 112 Å². The molecule has 3 rings (SSSR count). The average molecular weight is 260 g/mol. The predicted molar refractivity (Wildman–Crippen MR) is 79.5 cm³/mol. The first-order valence-corrected chi connectivity index (χ1v) is 7.62. The van der Waals surface area contributed by atoms with Gasteiger partial charge in [-0.05, 0) is 44.4 Å². The Kier molecular flexibility index (Phi) is 3.02. The molecule has 1 heterocycles. The number of aromatic nitrogens is 1. The van der Waals surface area contributed by atoms with Crippen LogP contribution in [0.4, 0.5) is 5.13 Å². The molecule has 1 saturated carbocycles. The minimum Gasteiger partial charge on any atom is -0.356 e. The standard InChI is InChI=1S/C15H20N2S/c1-11-6-7-12-13(10-11)18-14(16-12)17-15(2)8-4-3-5-9-15/h6-7,10H,3-5,8-9H2,1-2H3,(H,16,17). The lowest BCUT2D eigenvalue weighted by Crippen LogP contribution is -2.36. The van der Waals surface area contributed by atoms with Crippen molar-refractivity contribution in [1.82, 2.24) is 4.98 Å². The van der Waals surface area contributed by atoms with Gasteiger partial charge in [-0.15, -0.1) is 0 Å². The molecule has 2 aromatic rings. The Morgan fingerprint density at radius 3 is 2.78 bits per heavy atom. The molecular formula is C15H20N2S. The summed E-state index contributed by atoms with van der Waals surface area (Å²) in [4.78, 5) is 4.70. The second-order valence-corrected chi connectivity index (χ2v) is 6.77. The molecule has 1 aromatic heterocycles. The Balaban J connectivity index is 1.86. The molecule has 1 aliphatic carbocycles. The zero-order chi connectivity index (χ0) is 12.6. The van der Waals surface area contributed by atoms with Gasteiger partial charge in [0.1, 0.15) is 0 Å². The molecule has 96 valence electrons. The van der Waals surface area contributed by atoms with E-state index in [0.717, 1.165) is 10.6 Å². The van der Waals surface area contributed by atoms with Gasteiger partial charge < -0.3 is 5.32 Å². The number of benzene rings is 1. The number of anilines is 1. The molecule has 0 unspecified atom stereocenters. The fraction of sp³-hybridized carbons (Fsp3) is 0.533. The zero-order valence-corrected chi connectivity index (χ0v) is 11.9. The minimum atomic E-state index is 0.251. The third-order valence-corrected chi connectivity index (χ3v) is 4.84. The average Bonchev–Trinajstić information content (AvgIpc) is 2.70. The van der Waals surface area contributed by atoms with E-state index in [1.165, 1.54) is 42.4 Å². The van der Waals surface area contributed by atoms with Crippen LogP contribution in [-0.4, -0.2) is 10.5 Å². The molecule has 0 atom stereocenters. The number of hydrogen-bond acceptors (Lipinski definition) is 3. The predicted octanol–water partition coefficient (Wildman–Crippen LogP) is 4.74. The van der Waals surface area contributed by atoms with Gasteiger partial charge in [0.15, 0.2) is 5.13 Å². The quantitative estimate of drug-likeness (QED) is 0.843. The Morgan fingerprint density at radius 2 is 2.00 bits per heavy atom. The van der Waals surface area contributed by atoms with Crippen LogP contribution in [0.2, 0.25) is 0 Å². The molecular weight excluding hydrogens is 240 g/mol. The van der Waals surface area contributed by atoms with Crippen molar-refractivity contribution in [3.63, 3.8) is 0 Å². The van der Waals surface area contributed by atoms with Gasteiger partial charge in [-0.3, -0.25) is 0 Å². The summed E-state index contributed by atoms with van der Waals surface area (Å²) in [5.41, 5.74) is 2.68. The number of thiazole rings is 1. The Bertz CT molecular complexity index is 553. The summed E-state index contributed by atoms with van der Waals surface area (Å²) in [7, 11) is 0. The summed E-state index contributed by atoms with van der Waals surface area (Å²) in [5, 5.41) is 4.76. The van der Waals surface area contributed by atoms with Crippen molar-refractivity contribution in [2.24, 2.45) is 0 Å². The fourth-order valence-electron chi connectivity index (χ4n) is 2.80. The summed E-state index contributed by atoms with van der Waals surface area (Å²) in [6.45, 7) is 4.47. The van der Waals surface area contributed by atoms with Gasteiger partial charge in [-0.25, -0.2) is 4.98 Å². The van der Waals surface area contributed by atoms with Crippen molar-refractivity contribution in [3.05, 3.63) is 23.8 Å². The highest BCUT2D eigenvalue weighted by molar-refractivity contribution is 7.22. The van der Waals surface area contributed by atoms with Crippen LogP contribution in [-0.2, 0) is 0 Å². The molecule has 0 amide bonds. The third kappa shape index (κ3) is 2.37. The minimum absolute atomic E-state index is 0.251. The molecule has 1 fully saturated rings. The molecule has 0 saturated heterocycles. The first kappa shape index (κ1) is 12.0.